The van der Waals surface area contributed by atoms with Crippen LogP contribution < -0.4 is 4.74 Å². The number of ether oxygens (including phenoxy) is 1. The van der Waals surface area contributed by atoms with E-state index in [1.165, 1.54) is 5.56 Å². The predicted octanol–water partition coefficient (Wildman–Crippen LogP) is 3.83. The third-order valence-corrected chi connectivity index (χ3v) is 9.11. The molecule has 0 radical (unpaired) electrons. The second-order valence-corrected chi connectivity index (χ2v) is 11.8. The molecule has 2 aliphatic rings. The second kappa shape index (κ2) is 15.3. The number of hydrogen-bond acceptors (Lipinski definition) is 7. The van der Waals surface area contributed by atoms with Crippen molar-refractivity contribution in [2.24, 2.45) is 5.92 Å². The fraction of sp³-hybridized carbons (Fsp3) is 0.500. The molecule has 2 saturated heterocycles. The highest BCUT2D eigenvalue weighted by Gasteiger charge is 2.46. The number of carboxylic acid groups (broad SMARTS) is 2. The Kier molecular flexibility index (Phi) is 12.8. The molecule has 0 bridgehead atoms. The van der Waals surface area contributed by atoms with Gasteiger partial charge in [0, 0.05) is 32.0 Å². The van der Waals surface area contributed by atoms with Crippen molar-refractivity contribution in [3.8, 4) is 5.75 Å². The van der Waals surface area contributed by atoms with Crippen LogP contribution in [0.3, 0.4) is 0 Å². The van der Waals surface area contributed by atoms with Crippen LogP contribution in [-0.2, 0) is 32.6 Å². The number of aliphatic carboxylic acids is 2. The minimum atomic E-state index is -5.08. The molecule has 0 aliphatic carbocycles. The average Bonchev–Trinajstić information content (AvgIpc) is 3.03. The molecule has 10 nitrogen and oxygen atoms in total. The molecule has 17 heteroatoms. The molecular formula is C26H31F6N3O7S. The summed E-state index contributed by atoms with van der Waals surface area (Å²) in [6, 6.07) is 11.9. The van der Waals surface area contributed by atoms with Crippen LogP contribution in [0.1, 0.15) is 24.0 Å². The highest BCUT2D eigenvalue weighted by molar-refractivity contribution is 7.90. The number of nitrogens with zero attached hydrogens (tertiary/aromatic N) is 3. The van der Waals surface area contributed by atoms with Crippen molar-refractivity contribution in [3.63, 3.8) is 0 Å². The van der Waals surface area contributed by atoms with Gasteiger partial charge in [-0.05, 0) is 67.6 Å². The van der Waals surface area contributed by atoms with Gasteiger partial charge in [-0.2, -0.15) is 26.3 Å². The van der Waals surface area contributed by atoms with Gasteiger partial charge in [-0.1, -0.05) is 18.2 Å². The lowest BCUT2D eigenvalue weighted by molar-refractivity contribution is -0.193. The molecule has 4 rings (SSSR count). The van der Waals surface area contributed by atoms with E-state index in [1.54, 1.807) is 17.6 Å². The smallest absolute Gasteiger partial charge is 0.490 e. The van der Waals surface area contributed by atoms with Gasteiger partial charge in [-0.3, -0.25) is 9.88 Å². The molecule has 2 aromatic rings. The minimum Gasteiger partial charge on any atom is -0.497 e. The van der Waals surface area contributed by atoms with Gasteiger partial charge in [-0.25, -0.2) is 22.3 Å². The van der Waals surface area contributed by atoms with Gasteiger partial charge in [-0.15, -0.1) is 0 Å². The van der Waals surface area contributed by atoms with E-state index in [4.69, 9.17) is 24.5 Å². The first kappa shape index (κ1) is 35.8. The minimum absolute atomic E-state index is 0.231. The van der Waals surface area contributed by atoms with E-state index in [0.29, 0.717) is 19.5 Å². The Hall–Kier alpha value is -3.44. The van der Waals surface area contributed by atoms with Gasteiger partial charge in [0.1, 0.15) is 5.75 Å². The molecule has 43 heavy (non-hydrogen) atoms. The van der Waals surface area contributed by atoms with Crippen molar-refractivity contribution < 1.29 is 59.3 Å². The molecule has 0 saturated carbocycles. The van der Waals surface area contributed by atoms with Crippen molar-refractivity contribution in [2.45, 2.75) is 43.4 Å². The summed E-state index contributed by atoms with van der Waals surface area (Å²) in [6.07, 6.45) is -4.11. The first-order valence-electron chi connectivity index (χ1n) is 12.8. The summed E-state index contributed by atoms with van der Waals surface area (Å²) in [5, 5.41) is 14.0. The molecule has 0 spiro atoms. The number of hydrogen-bond donors (Lipinski definition) is 2. The van der Waals surface area contributed by atoms with E-state index in [-0.39, 0.29) is 11.2 Å². The molecule has 3 heterocycles. The van der Waals surface area contributed by atoms with Crippen LogP contribution in [0, 0.1) is 5.92 Å². The largest absolute Gasteiger partial charge is 0.497 e. The number of alkyl halides is 6. The van der Waals surface area contributed by atoms with Crippen LogP contribution in [0.25, 0.3) is 0 Å². The maximum atomic E-state index is 13.1. The summed E-state index contributed by atoms with van der Waals surface area (Å²) >= 11 is 0. The number of carboxylic acids is 2. The van der Waals surface area contributed by atoms with E-state index in [2.05, 4.69) is 16.0 Å². The first-order chi connectivity index (χ1) is 19.9. The number of likely N-dealkylation sites (tertiary alicyclic amines) is 1. The van der Waals surface area contributed by atoms with E-state index in [9.17, 15) is 34.8 Å². The second-order valence-electron chi connectivity index (χ2n) is 9.62. The lowest BCUT2D eigenvalue weighted by Gasteiger charge is -2.21. The topological polar surface area (TPSA) is 137 Å². The number of rotatable bonds is 6. The summed E-state index contributed by atoms with van der Waals surface area (Å²) in [4.78, 5) is 24.3. The van der Waals surface area contributed by atoms with Gasteiger partial charge >= 0.3 is 24.3 Å². The number of benzene rings is 1. The molecule has 0 unspecified atom stereocenters. The summed E-state index contributed by atoms with van der Waals surface area (Å²) in [5.41, 5.74) is 2.32. The number of aromatic nitrogens is 1. The van der Waals surface area contributed by atoms with E-state index >= 15 is 0 Å². The zero-order valence-electron chi connectivity index (χ0n) is 22.9. The zero-order chi connectivity index (χ0) is 32.4. The number of fused-ring (bicyclic) bond motifs is 1. The van der Waals surface area contributed by atoms with Gasteiger partial charge < -0.3 is 14.9 Å². The fourth-order valence-corrected chi connectivity index (χ4v) is 6.76. The molecule has 1 aromatic heterocycles. The van der Waals surface area contributed by atoms with Crippen LogP contribution in [0.4, 0.5) is 26.3 Å². The maximum Gasteiger partial charge on any atom is 0.490 e. The molecule has 2 aliphatic heterocycles. The van der Waals surface area contributed by atoms with E-state index in [1.807, 2.05) is 36.5 Å². The first-order valence-corrected chi connectivity index (χ1v) is 14.3. The number of carbonyl (C=O) groups is 2. The highest BCUT2D eigenvalue weighted by Crippen LogP contribution is 2.34. The van der Waals surface area contributed by atoms with Crippen molar-refractivity contribution in [1.82, 2.24) is 14.2 Å². The summed E-state index contributed by atoms with van der Waals surface area (Å²) in [5.74, 6) is -4.46. The summed E-state index contributed by atoms with van der Waals surface area (Å²) in [6.45, 7) is 3.82. The number of halogens is 6. The Balaban J connectivity index is 0.000000384. The highest BCUT2D eigenvalue weighted by atomic mass is 32.2. The van der Waals surface area contributed by atoms with Crippen molar-refractivity contribution in [3.05, 3.63) is 59.9 Å². The van der Waals surface area contributed by atoms with Crippen molar-refractivity contribution in [1.29, 1.82) is 0 Å². The van der Waals surface area contributed by atoms with Gasteiger partial charge in [0.2, 0.25) is 10.0 Å². The lowest BCUT2D eigenvalue weighted by atomic mass is 10.0. The Morgan fingerprint density at radius 2 is 1.51 bits per heavy atom. The number of sulfonamides is 1. The molecule has 1 aromatic carbocycles. The van der Waals surface area contributed by atoms with Crippen LogP contribution in [0.2, 0.25) is 0 Å². The maximum absolute atomic E-state index is 13.1. The van der Waals surface area contributed by atoms with Crippen molar-refractivity contribution >= 4 is 22.0 Å². The quantitative estimate of drug-likeness (QED) is 0.450. The molecule has 240 valence electrons. The van der Waals surface area contributed by atoms with Gasteiger partial charge in [0.25, 0.3) is 0 Å². The molecule has 0 amide bonds. The predicted molar refractivity (Wildman–Crippen MR) is 141 cm³/mol. The van der Waals surface area contributed by atoms with Crippen LogP contribution >= 0.6 is 0 Å². The number of methoxy groups -OCH3 is 1. The Morgan fingerprint density at radius 1 is 0.953 bits per heavy atom. The number of pyridine rings is 1. The normalized spacial score (nSPS) is 20.3. The molecular weight excluding hydrogens is 612 g/mol. The monoisotopic (exact) mass is 643 g/mol. The summed E-state index contributed by atoms with van der Waals surface area (Å²) < 4.78 is 96.7. The fourth-order valence-electron chi connectivity index (χ4n) is 4.52. The lowest BCUT2D eigenvalue weighted by Crippen LogP contribution is -2.33. The van der Waals surface area contributed by atoms with E-state index in [0.717, 1.165) is 43.8 Å². The van der Waals surface area contributed by atoms with E-state index < -0.39 is 34.3 Å². The third-order valence-electron chi connectivity index (χ3n) is 6.68. The molecule has 2 atom stereocenters. The summed E-state index contributed by atoms with van der Waals surface area (Å²) in [7, 11) is -1.57. The van der Waals surface area contributed by atoms with Gasteiger partial charge in [0.15, 0.2) is 0 Å². The average molecular weight is 644 g/mol. The Morgan fingerprint density at radius 3 is 2.00 bits per heavy atom. The van der Waals surface area contributed by atoms with Crippen LogP contribution in [0.15, 0.2) is 48.8 Å². The standard InChI is InChI=1S/C22H29N3O3S.2C2HF3O2/c1-28-21-6-4-18(5-7-21)8-14-25-17-20-9-12-24(13-10-22(20)29(25,26)27)16-19-3-2-11-23-15-19;2*3-2(4,5)1(6)7/h2-7,11,15,20,22H,8-10,12-14,16-17H2,1H3;2*(H,6,7)/t20-,22-;;/m1../s1. The Labute approximate surface area is 243 Å². The third kappa shape index (κ3) is 11.3. The van der Waals surface area contributed by atoms with Crippen LogP contribution in [0.5, 0.6) is 5.75 Å². The molecule has 2 fully saturated rings. The molecule has 2 N–H and O–H groups in total. The zero-order valence-corrected chi connectivity index (χ0v) is 23.7. The van der Waals surface area contributed by atoms with Crippen molar-refractivity contribution in [2.75, 3.05) is 33.3 Å². The van der Waals surface area contributed by atoms with Gasteiger partial charge in [0.05, 0.1) is 12.4 Å². The SMILES string of the molecule is COc1ccc(CCN2C[C@H]3CCN(Cc4cccnc4)CC[C@H]3S2(=O)=O)cc1.O=C(O)C(F)(F)F.O=C(O)C(F)(F)F. The van der Waals surface area contributed by atoms with Crippen LogP contribution in [-0.4, -0.2) is 95.6 Å². The Bertz CT molecular complexity index is 1270.